The molecule has 9 nitrogen and oxygen atoms in total. The summed E-state index contributed by atoms with van der Waals surface area (Å²) in [5.41, 5.74) is 0.927. The zero-order valence-corrected chi connectivity index (χ0v) is 24.9. The fraction of sp³-hybridized carbons (Fsp3) is 0.294. The van der Waals surface area contributed by atoms with Gasteiger partial charge in [-0.25, -0.2) is 0 Å². The number of alkyl halides is 2. The monoisotopic (exact) mass is 610 g/mol. The zero-order valence-electron chi connectivity index (χ0n) is 24.9. The van der Waals surface area contributed by atoms with E-state index in [9.17, 15) is 14.9 Å². The number of hydrogen-bond donors (Lipinski definition) is 1. The van der Waals surface area contributed by atoms with Gasteiger partial charge in [0.25, 0.3) is 17.7 Å². The van der Waals surface area contributed by atoms with E-state index in [2.05, 4.69) is 28.4 Å². The molecular formula is C34H32F2N6O3. The van der Waals surface area contributed by atoms with Crippen LogP contribution in [0.15, 0.2) is 79.0 Å². The molecule has 1 saturated heterocycles. The predicted octanol–water partition coefficient (Wildman–Crippen LogP) is 5.67. The van der Waals surface area contributed by atoms with Crippen LogP contribution >= 0.6 is 0 Å². The first-order chi connectivity index (χ1) is 21.7. The number of carbonyl (C=O) groups excluding carboxylic acids is 2. The highest BCUT2D eigenvalue weighted by Crippen LogP contribution is 2.37. The third-order valence-corrected chi connectivity index (χ3v) is 8.34. The molecule has 1 atom stereocenters. The van der Waals surface area contributed by atoms with Crippen molar-refractivity contribution in [1.29, 1.82) is 5.26 Å². The van der Waals surface area contributed by atoms with Crippen LogP contribution in [-0.4, -0.2) is 58.8 Å². The first-order valence-electron chi connectivity index (χ1n) is 14.8. The summed E-state index contributed by atoms with van der Waals surface area (Å²) in [6, 6.07) is 19.8. The number of likely N-dealkylation sites (tertiary alicyclic amines) is 1. The Morgan fingerprint density at radius 1 is 1.04 bits per heavy atom. The summed E-state index contributed by atoms with van der Waals surface area (Å²) in [7, 11) is 2.06. The van der Waals surface area contributed by atoms with Gasteiger partial charge in [-0.3, -0.25) is 14.3 Å². The van der Waals surface area contributed by atoms with Gasteiger partial charge < -0.3 is 19.9 Å². The number of carbonyl (C=O) groups is 2. The summed E-state index contributed by atoms with van der Waals surface area (Å²) in [6.07, 6.45) is 3.08. The summed E-state index contributed by atoms with van der Waals surface area (Å²) >= 11 is 0. The van der Waals surface area contributed by atoms with Crippen LogP contribution in [0.5, 0.6) is 5.75 Å². The lowest BCUT2D eigenvalue weighted by molar-refractivity contribution is 0.0428. The van der Waals surface area contributed by atoms with Gasteiger partial charge in [0, 0.05) is 35.6 Å². The molecular weight excluding hydrogens is 578 g/mol. The maximum Gasteiger partial charge on any atom is 0.298 e. The molecule has 4 aromatic rings. The third kappa shape index (κ3) is 5.89. The first-order valence-corrected chi connectivity index (χ1v) is 14.8. The minimum Gasteiger partial charge on any atom is -0.489 e. The number of ether oxygens (including phenoxy) is 1. The van der Waals surface area contributed by atoms with Gasteiger partial charge in [-0.15, -0.1) is 0 Å². The lowest BCUT2D eigenvalue weighted by Gasteiger charge is -2.34. The first kappa shape index (κ1) is 30.0. The Balaban J connectivity index is 1.19. The maximum absolute atomic E-state index is 15.1. The lowest BCUT2D eigenvalue weighted by Crippen LogP contribution is -2.47. The maximum atomic E-state index is 15.1. The number of rotatable bonds is 7. The number of aromatic nitrogens is 2. The fourth-order valence-corrected chi connectivity index (χ4v) is 5.86. The minimum absolute atomic E-state index is 0.0144. The van der Waals surface area contributed by atoms with Crippen molar-refractivity contribution in [2.75, 3.05) is 30.4 Å². The number of benzene rings is 3. The molecule has 0 saturated carbocycles. The van der Waals surface area contributed by atoms with Gasteiger partial charge in [-0.05, 0) is 57.1 Å². The van der Waals surface area contributed by atoms with Crippen LogP contribution in [0.4, 0.5) is 20.2 Å². The van der Waals surface area contributed by atoms with Crippen LogP contribution in [0.2, 0.25) is 0 Å². The molecule has 0 radical (unpaired) electrons. The van der Waals surface area contributed by atoms with E-state index in [4.69, 9.17) is 4.74 Å². The van der Waals surface area contributed by atoms with Crippen LogP contribution < -0.4 is 15.0 Å². The van der Waals surface area contributed by atoms with Gasteiger partial charge in [0.15, 0.2) is 0 Å². The number of nitrogens with one attached hydrogen (secondary N) is 1. The van der Waals surface area contributed by atoms with E-state index in [1.165, 1.54) is 52.2 Å². The number of fused-ring (bicyclic) bond motifs is 1. The molecule has 0 bridgehead atoms. The van der Waals surface area contributed by atoms with Crippen molar-refractivity contribution in [3.63, 3.8) is 0 Å². The molecule has 3 aromatic carbocycles. The van der Waals surface area contributed by atoms with Crippen molar-refractivity contribution in [3.8, 4) is 11.8 Å². The Labute approximate surface area is 259 Å². The molecule has 0 spiro atoms. The second-order valence-corrected chi connectivity index (χ2v) is 11.5. The van der Waals surface area contributed by atoms with Crippen molar-refractivity contribution in [3.05, 3.63) is 107 Å². The van der Waals surface area contributed by atoms with Gasteiger partial charge in [-0.2, -0.15) is 19.1 Å². The fourth-order valence-electron chi connectivity index (χ4n) is 5.86. The Kier molecular flexibility index (Phi) is 8.08. The van der Waals surface area contributed by atoms with Crippen molar-refractivity contribution < 1.29 is 23.1 Å². The summed E-state index contributed by atoms with van der Waals surface area (Å²) in [5, 5.41) is 16.8. The SMILES string of the molecule is C[C@H]1Cn2ncc(C(=O)Nc3ccc(OC4CCN(C)CC4)c(C#N)c3)c2C(=O)N1c1ccc(C(F)(F)c2ccccc2)cc1. The number of piperidine rings is 1. The quantitative estimate of drug-likeness (QED) is 0.289. The zero-order chi connectivity index (χ0) is 31.7. The van der Waals surface area contributed by atoms with Crippen LogP contribution in [-0.2, 0) is 12.5 Å². The van der Waals surface area contributed by atoms with E-state index in [-0.39, 0.29) is 34.5 Å². The van der Waals surface area contributed by atoms with Crippen molar-refractivity contribution in [1.82, 2.24) is 14.7 Å². The lowest BCUT2D eigenvalue weighted by atomic mass is 9.99. The van der Waals surface area contributed by atoms with Crippen molar-refractivity contribution in [2.24, 2.45) is 0 Å². The number of nitrogens with zero attached hydrogens (tertiary/aromatic N) is 5. The van der Waals surface area contributed by atoms with Gasteiger partial charge in [0.1, 0.15) is 23.6 Å². The van der Waals surface area contributed by atoms with Crippen molar-refractivity contribution >= 4 is 23.2 Å². The molecule has 1 N–H and O–H groups in total. The second-order valence-electron chi connectivity index (χ2n) is 11.5. The minimum atomic E-state index is -3.20. The number of halogens is 2. The molecule has 6 rings (SSSR count). The van der Waals surface area contributed by atoms with Gasteiger partial charge in [0.2, 0.25) is 0 Å². The Morgan fingerprint density at radius 3 is 2.42 bits per heavy atom. The molecule has 230 valence electrons. The molecule has 45 heavy (non-hydrogen) atoms. The smallest absolute Gasteiger partial charge is 0.298 e. The van der Waals surface area contributed by atoms with Crippen LogP contribution in [0.3, 0.4) is 0 Å². The molecule has 2 aliphatic heterocycles. The van der Waals surface area contributed by atoms with E-state index < -0.39 is 17.7 Å². The van der Waals surface area contributed by atoms with E-state index in [0.29, 0.717) is 29.2 Å². The molecule has 3 heterocycles. The summed E-state index contributed by atoms with van der Waals surface area (Å²) in [5.74, 6) is -3.78. The van der Waals surface area contributed by atoms with Gasteiger partial charge in [-0.1, -0.05) is 42.5 Å². The van der Waals surface area contributed by atoms with Crippen LogP contribution in [0, 0.1) is 11.3 Å². The molecule has 1 aromatic heterocycles. The standard InChI is InChI=1S/C34H32F2N6O3/c1-22-21-41-31(33(44)42(22)27-11-8-25(9-12-27)34(35,36)24-6-4-3-5-7-24)29(20-38-41)32(43)39-26-10-13-30(23(18-26)19-37)45-28-14-16-40(2)17-15-28/h3-13,18,20,22,28H,14-17,21H2,1-2H3,(H,39,43)/t22-/m0/s1. The van der Waals surface area contributed by atoms with Gasteiger partial charge >= 0.3 is 0 Å². The molecule has 0 unspecified atom stereocenters. The number of anilines is 2. The van der Waals surface area contributed by atoms with E-state index in [1.807, 2.05) is 6.92 Å². The van der Waals surface area contributed by atoms with E-state index in [1.54, 1.807) is 36.4 Å². The van der Waals surface area contributed by atoms with Gasteiger partial charge in [0.05, 0.1) is 29.9 Å². The average molecular weight is 611 g/mol. The van der Waals surface area contributed by atoms with E-state index >= 15 is 8.78 Å². The largest absolute Gasteiger partial charge is 0.489 e. The topological polar surface area (TPSA) is 103 Å². The predicted molar refractivity (Wildman–Crippen MR) is 165 cm³/mol. The highest BCUT2D eigenvalue weighted by Gasteiger charge is 2.37. The summed E-state index contributed by atoms with van der Waals surface area (Å²) in [4.78, 5) is 30.9. The highest BCUT2D eigenvalue weighted by molar-refractivity contribution is 6.15. The normalized spacial score (nSPS) is 17.4. The Morgan fingerprint density at radius 2 is 1.73 bits per heavy atom. The van der Waals surface area contributed by atoms with Crippen molar-refractivity contribution in [2.45, 2.75) is 44.4 Å². The summed E-state index contributed by atoms with van der Waals surface area (Å²) in [6.45, 7) is 3.97. The molecule has 11 heteroatoms. The van der Waals surface area contributed by atoms with E-state index in [0.717, 1.165) is 25.9 Å². The number of hydrogen-bond acceptors (Lipinski definition) is 6. The Hall–Kier alpha value is -5.08. The van der Waals surface area contributed by atoms with Crippen LogP contribution in [0.25, 0.3) is 0 Å². The second kappa shape index (κ2) is 12.1. The average Bonchev–Trinajstić information content (AvgIpc) is 3.48. The summed E-state index contributed by atoms with van der Waals surface area (Å²) < 4.78 is 37.8. The van der Waals surface area contributed by atoms with Crippen LogP contribution in [0.1, 0.15) is 57.3 Å². The number of nitriles is 1. The Bertz CT molecular complexity index is 1760. The highest BCUT2D eigenvalue weighted by atomic mass is 19.3. The third-order valence-electron chi connectivity index (χ3n) is 8.34. The molecule has 0 aliphatic carbocycles. The molecule has 2 amide bonds. The number of amides is 2. The molecule has 2 aliphatic rings. The molecule has 1 fully saturated rings.